The molecule has 2 heteroatoms. The summed E-state index contributed by atoms with van der Waals surface area (Å²) < 4.78 is 4.89. The Labute approximate surface area is 278 Å². The molecule has 10 aromatic rings. The van der Waals surface area contributed by atoms with Crippen molar-refractivity contribution in [3.05, 3.63) is 182 Å². The minimum absolute atomic E-state index is 1.15. The molecule has 0 spiro atoms. The van der Waals surface area contributed by atoms with E-state index in [1.54, 1.807) is 0 Å². The fraction of sp³-hybridized carbons (Fsp3) is 0. The average Bonchev–Trinajstić information content (AvgIpc) is 3.69. The summed E-state index contributed by atoms with van der Waals surface area (Å²) in [5, 5.41) is 7.61. The third-order valence-electron chi connectivity index (χ3n) is 9.91. The van der Waals surface area contributed by atoms with Crippen molar-refractivity contribution >= 4 is 54.4 Å². The summed E-state index contributed by atoms with van der Waals surface area (Å²) in [6.45, 7) is 0. The van der Waals surface area contributed by atoms with Gasteiger partial charge in [-0.15, -0.1) is 0 Å². The van der Waals surface area contributed by atoms with Crippen molar-refractivity contribution in [3.8, 4) is 33.6 Å². The van der Waals surface area contributed by atoms with E-state index in [2.05, 4.69) is 191 Å². The monoisotopic (exact) mass is 610 g/mol. The van der Waals surface area contributed by atoms with Gasteiger partial charge < -0.3 is 9.13 Å². The van der Waals surface area contributed by atoms with Crippen LogP contribution in [0.2, 0.25) is 0 Å². The first kappa shape index (κ1) is 26.8. The van der Waals surface area contributed by atoms with Crippen molar-refractivity contribution in [2.45, 2.75) is 0 Å². The Bertz CT molecular complexity index is 2800. The van der Waals surface area contributed by atoms with Gasteiger partial charge >= 0.3 is 0 Å². The van der Waals surface area contributed by atoms with Crippen molar-refractivity contribution in [2.24, 2.45) is 0 Å². The van der Waals surface area contributed by atoms with Crippen molar-refractivity contribution in [2.75, 3.05) is 0 Å². The zero-order chi connectivity index (χ0) is 31.6. The molecule has 8 aromatic carbocycles. The summed E-state index contributed by atoms with van der Waals surface area (Å²) in [7, 11) is 0. The van der Waals surface area contributed by atoms with Crippen LogP contribution in [0.15, 0.2) is 182 Å². The van der Waals surface area contributed by atoms with Gasteiger partial charge in [0.1, 0.15) is 0 Å². The molecular formula is C46H30N2. The van der Waals surface area contributed by atoms with Gasteiger partial charge in [0.25, 0.3) is 0 Å². The van der Waals surface area contributed by atoms with E-state index in [4.69, 9.17) is 0 Å². The lowest BCUT2D eigenvalue weighted by Crippen LogP contribution is -1.96. The Kier molecular flexibility index (Phi) is 5.91. The number of hydrogen-bond acceptors (Lipinski definition) is 0. The topological polar surface area (TPSA) is 9.86 Å². The van der Waals surface area contributed by atoms with Gasteiger partial charge in [0.2, 0.25) is 0 Å². The minimum atomic E-state index is 1.15. The number of aromatic nitrogens is 2. The molecule has 0 aliphatic heterocycles. The first-order valence-corrected chi connectivity index (χ1v) is 16.5. The highest BCUT2D eigenvalue weighted by atomic mass is 15.0. The van der Waals surface area contributed by atoms with Crippen molar-refractivity contribution < 1.29 is 0 Å². The molecule has 0 aliphatic rings. The van der Waals surface area contributed by atoms with Gasteiger partial charge in [0.05, 0.1) is 22.1 Å². The fourth-order valence-corrected chi connectivity index (χ4v) is 7.85. The average molecular weight is 611 g/mol. The maximum absolute atomic E-state index is 2.47. The molecule has 224 valence electrons. The highest BCUT2D eigenvalue weighted by Crippen LogP contribution is 2.45. The number of rotatable bonds is 4. The maximum atomic E-state index is 2.47. The zero-order valence-corrected chi connectivity index (χ0v) is 26.2. The van der Waals surface area contributed by atoms with E-state index in [0.29, 0.717) is 0 Å². The summed E-state index contributed by atoms with van der Waals surface area (Å²) in [6.07, 6.45) is 0. The standard InChI is InChI=1S/C46H30N2/c1-3-13-31(14-4-1)32-25-28-35(29-26-32)47-41-23-10-9-19-39(41)45-37(20-12-24-42(45)47)38-21-11-22-40-44-36-18-8-7-15-33(36)27-30-43(44)48(46(38)40)34-16-5-2-6-17-34/h1-30H. The van der Waals surface area contributed by atoms with E-state index < -0.39 is 0 Å². The normalized spacial score (nSPS) is 11.8. The summed E-state index contributed by atoms with van der Waals surface area (Å²) in [6, 6.07) is 66.1. The van der Waals surface area contributed by atoms with Crippen molar-refractivity contribution in [1.29, 1.82) is 0 Å². The second kappa shape index (κ2) is 10.6. The fourth-order valence-electron chi connectivity index (χ4n) is 7.85. The highest BCUT2D eigenvalue weighted by molar-refractivity contribution is 6.25. The molecular weight excluding hydrogens is 581 g/mol. The molecule has 2 heterocycles. The van der Waals surface area contributed by atoms with E-state index in [1.165, 1.54) is 76.6 Å². The van der Waals surface area contributed by atoms with E-state index in [9.17, 15) is 0 Å². The van der Waals surface area contributed by atoms with Crippen LogP contribution in [0.25, 0.3) is 88.0 Å². The van der Waals surface area contributed by atoms with Crippen LogP contribution in [0.3, 0.4) is 0 Å². The molecule has 2 nitrogen and oxygen atoms in total. The molecule has 0 atom stereocenters. The molecule has 0 N–H and O–H groups in total. The van der Waals surface area contributed by atoms with Crippen LogP contribution in [0.4, 0.5) is 0 Å². The van der Waals surface area contributed by atoms with Gasteiger partial charge in [0, 0.05) is 38.5 Å². The van der Waals surface area contributed by atoms with Gasteiger partial charge in [-0.3, -0.25) is 0 Å². The molecule has 0 unspecified atom stereocenters. The van der Waals surface area contributed by atoms with Crippen LogP contribution in [-0.2, 0) is 0 Å². The Hall–Kier alpha value is -6.38. The Morgan fingerprint density at radius 3 is 1.71 bits per heavy atom. The zero-order valence-electron chi connectivity index (χ0n) is 26.2. The van der Waals surface area contributed by atoms with E-state index >= 15 is 0 Å². The van der Waals surface area contributed by atoms with Gasteiger partial charge in [-0.1, -0.05) is 140 Å². The Morgan fingerprint density at radius 2 is 0.875 bits per heavy atom. The number of para-hydroxylation sites is 3. The van der Waals surface area contributed by atoms with E-state index in [-0.39, 0.29) is 0 Å². The molecule has 0 radical (unpaired) electrons. The molecule has 0 amide bonds. The number of fused-ring (bicyclic) bond motifs is 8. The lowest BCUT2D eigenvalue weighted by atomic mass is 9.96. The van der Waals surface area contributed by atoms with Gasteiger partial charge in [-0.2, -0.15) is 0 Å². The maximum Gasteiger partial charge on any atom is 0.0619 e. The number of benzene rings is 8. The predicted molar refractivity (Wildman–Crippen MR) is 203 cm³/mol. The minimum Gasteiger partial charge on any atom is -0.309 e. The van der Waals surface area contributed by atoms with Crippen LogP contribution >= 0.6 is 0 Å². The Balaban J connectivity index is 1.29. The lowest BCUT2D eigenvalue weighted by molar-refractivity contribution is 1.18. The highest BCUT2D eigenvalue weighted by Gasteiger charge is 2.21. The largest absolute Gasteiger partial charge is 0.309 e. The molecule has 48 heavy (non-hydrogen) atoms. The van der Waals surface area contributed by atoms with Gasteiger partial charge in [-0.25, -0.2) is 0 Å². The second-order valence-electron chi connectivity index (χ2n) is 12.5. The second-order valence-corrected chi connectivity index (χ2v) is 12.5. The van der Waals surface area contributed by atoms with Crippen LogP contribution in [0, 0.1) is 0 Å². The van der Waals surface area contributed by atoms with Gasteiger partial charge in [-0.05, 0) is 69.9 Å². The third-order valence-corrected chi connectivity index (χ3v) is 9.91. The predicted octanol–water partition coefficient (Wildman–Crippen LogP) is 12.4. The molecule has 0 fully saturated rings. The first-order valence-electron chi connectivity index (χ1n) is 16.5. The summed E-state index contributed by atoms with van der Waals surface area (Å²) >= 11 is 0. The lowest BCUT2D eigenvalue weighted by Gasteiger charge is -2.13. The third kappa shape index (κ3) is 3.93. The summed E-state index contributed by atoms with van der Waals surface area (Å²) in [5.41, 5.74) is 12.1. The quantitative estimate of drug-likeness (QED) is 0.188. The smallest absolute Gasteiger partial charge is 0.0619 e. The van der Waals surface area contributed by atoms with Crippen molar-refractivity contribution in [3.63, 3.8) is 0 Å². The molecule has 0 aliphatic carbocycles. The molecule has 0 saturated heterocycles. The molecule has 2 aromatic heterocycles. The first-order chi connectivity index (χ1) is 23.8. The van der Waals surface area contributed by atoms with Crippen LogP contribution < -0.4 is 0 Å². The van der Waals surface area contributed by atoms with Crippen LogP contribution in [-0.4, -0.2) is 9.13 Å². The van der Waals surface area contributed by atoms with Crippen LogP contribution in [0.1, 0.15) is 0 Å². The Morgan fingerprint density at radius 1 is 0.292 bits per heavy atom. The van der Waals surface area contributed by atoms with Crippen molar-refractivity contribution in [1.82, 2.24) is 9.13 Å². The molecule has 0 bridgehead atoms. The molecule has 0 saturated carbocycles. The van der Waals surface area contributed by atoms with E-state index in [0.717, 1.165) is 11.4 Å². The summed E-state index contributed by atoms with van der Waals surface area (Å²) in [5.74, 6) is 0. The van der Waals surface area contributed by atoms with Gasteiger partial charge in [0.15, 0.2) is 0 Å². The number of nitrogens with zero attached hydrogens (tertiary/aromatic N) is 2. The summed E-state index contributed by atoms with van der Waals surface area (Å²) in [4.78, 5) is 0. The van der Waals surface area contributed by atoms with E-state index in [1.807, 2.05) is 0 Å². The SMILES string of the molecule is c1ccc(-c2ccc(-n3c4ccccc4c4c(-c5cccc6c7c8ccccc8ccc7n(-c7ccccc7)c56)cccc43)cc2)cc1. The molecule has 10 rings (SSSR count). The number of hydrogen-bond donors (Lipinski definition) is 0. The van der Waals surface area contributed by atoms with Crippen LogP contribution in [0.5, 0.6) is 0 Å².